The molecule has 0 spiro atoms. The Balaban J connectivity index is 1.66. The van der Waals surface area contributed by atoms with E-state index in [9.17, 15) is 4.79 Å². The lowest BCUT2D eigenvalue weighted by atomic mass is 10.2. The van der Waals surface area contributed by atoms with Crippen molar-refractivity contribution >= 4 is 28.6 Å². The van der Waals surface area contributed by atoms with E-state index in [0.717, 1.165) is 16.1 Å². The van der Waals surface area contributed by atoms with Crippen LogP contribution in [0.3, 0.4) is 0 Å². The molecule has 3 heterocycles. The Hall–Kier alpha value is -2.25. The van der Waals surface area contributed by atoms with Crippen LogP contribution in [0.1, 0.15) is 23.0 Å². The molecule has 0 saturated carbocycles. The van der Waals surface area contributed by atoms with Crippen LogP contribution >= 0.6 is 22.7 Å². The minimum absolute atomic E-state index is 0.200. The average Bonchev–Trinajstić information content (AvgIpc) is 3.25. The number of thiazole rings is 1. The molecule has 0 saturated heterocycles. The number of carbonyl (C=O) groups is 1. The molecular formula is C16H15N3O2S2. The van der Waals surface area contributed by atoms with Gasteiger partial charge < -0.3 is 10.1 Å². The van der Waals surface area contributed by atoms with Gasteiger partial charge in [-0.3, -0.25) is 4.79 Å². The van der Waals surface area contributed by atoms with Crippen LogP contribution in [0, 0.1) is 0 Å². The SMILES string of the molecule is CCOc1ncccc1CNC(=O)c1csc(-c2ccsc2)n1. The molecule has 0 aromatic carbocycles. The van der Waals surface area contributed by atoms with E-state index in [2.05, 4.69) is 15.3 Å². The fraction of sp³-hybridized carbons (Fsp3) is 0.188. The van der Waals surface area contributed by atoms with E-state index in [1.54, 1.807) is 22.9 Å². The summed E-state index contributed by atoms with van der Waals surface area (Å²) in [5.74, 6) is 0.349. The zero-order valence-corrected chi connectivity index (χ0v) is 14.1. The fourth-order valence-corrected chi connectivity index (χ4v) is 3.50. The lowest BCUT2D eigenvalue weighted by molar-refractivity contribution is 0.0946. The van der Waals surface area contributed by atoms with E-state index in [0.29, 0.717) is 24.7 Å². The topological polar surface area (TPSA) is 64.1 Å². The summed E-state index contributed by atoms with van der Waals surface area (Å²) in [5, 5.41) is 9.50. The van der Waals surface area contributed by atoms with Crippen molar-refractivity contribution in [2.45, 2.75) is 13.5 Å². The molecular weight excluding hydrogens is 330 g/mol. The second kappa shape index (κ2) is 7.34. The largest absolute Gasteiger partial charge is 0.478 e. The van der Waals surface area contributed by atoms with Gasteiger partial charge in [0.2, 0.25) is 5.88 Å². The van der Waals surface area contributed by atoms with Crippen molar-refractivity contribution in [2.75, 3.05) is 6.61 Å². The third kappa shape index (κ3) is 3.75. The van der Waals surface area contributed by atoms with Gasteiger partial charge in [0.05, 0.1) is 6.61 Å². The van der Waals surface area contributed by atoms with Crippen molar-refractivity contribution in [1.29, 1.82) is 0 Å². The highest BCUT2D eigenvalue weighted by molar-refractivity contribution is 7.14. The number of hydrogen-bond acceptors (Lipinski definition) is 6. The Labute approximate surface area is 142 Å². The first-order chi connectivity index (χ1) is 11.3. The molecule has 0 fully saturated rings. The van der Waals surface area contributed by atoms with Crippen molar-refractivity contribution in [3.05, 3.63) is 51.8 Å². The maximum atomic E-state index is 12.2. The van der Waals surface area contributed by atoms with Gasteiger partial charge in [-0.05, 0) is 24.4 Å². The number of amides is 1. The first-order valence-electron chi connectivity index (χ1n) is 7.11. The van der Waals surface area contributed by atoms with Crippen LogP contribution < -0.4 is 10.1 Å². The van der Waals surface area contributed by atoms with Crippen molar-refractivity contribution in [3.8, 4) is 16.5 Å². The van der Waals surface area contributed by atoms with Gasteiger partial charge >= 0.3 is 0 Å². The first-order valence-corrected chi connectivity index (χ1v) is 8.93. The lowest BCUT2D eigenvalue weighted by Gasteiger charge is -2.09. The van der Waals surface area contributed by atoms with Gasteiger partial charge in [-0.25, -0.2) is 9.97 Å². The van der Waals surface area contributed by atoms with Gasteiger partial charge in [-0.1, -0.05) is 6.07 Å². The molecule has 0 radical (unpaired) electrons. The summed E-state index contributed by atoms with van der Waals surface area (Å²) in [6.45, 7) is 2.79. The molecule has 3 rings (SSSR count). The molecule has 0 aliphatic heterocycles. The molecule has 1 amide bonds. The number of thiophene rings is 1. The number of nitrogens with zero attached hydrogens (tertiary/aromatic N) is 2. The smallest absolute Gasteiger partial charge is 0.271 e. The summed E-state index contributed by atoms with van der Waals surface area (Å²) in [6.07, 6.45) is 1.67. The predicted octanol–water partition coefficient (Wildman–Crippen LogP) is 3.60. The van der Waals surface area contributed by atoms with Crippen molar-refractivity contribution < 1.29 is 9.53 Å². The van der Waals surface area contributed by atoms with Crippen LogP contribution in [0.5, 0.6) is 5.88 Å². The first kappa shape index (κ1) is 15.6. The van der Waals surface area contributed by atoms with E-state index in [4.69, 9.17) is 4.74 Å². The van der Waals surface area contributed by atoms with Crippen LogP contribution in [0.2, 0.25) is 0 Å². The second-order valence-corrected chi connectivity index (χ2v) is 6.27. The molecule has 5 nitrogen and oxygen atoms in total. The minimum atomic E-state index is -0.200. The van der Waals surface area contributed by atoms with Gasteiger partial charge in [-0.15, -0.1) is 11.3 Å². The molecule has 1 N–H and O–H groups in total. The highest BCUT2D eigenvalue weighted by Crippen LogP contribution is 2.25. The van der Waals surface area contributed by atoms with Gasteiger partial charge in [0.25, 0.3) is 5.91 Å². The molecule has 3 aromatic rings. The van der Waals surface area contributed by atoms with Gasteiger partial charge in [0.15, 0.2) is 0 Å². The molecule has 0 atom stereocenters. The van der Waals surface area contributed by atoms with Crippen molar-refractivity contribution in [2.24, 2.45) is 0 Å². The summed E-state index contributed by atoms with van der Waals surface area (Å²) in [6, 6.07) is 5.70. The number of carbonyl (C=O) groups excluding carboxylic acids is 1. The maximum Gasteiger partial charge on any atom is 0.271 e. The number of hydrogen-bond donors (Lipinski definition) is 1. The Bertz CT molecular complexity index is 784. The van der Waals surface area contributed by atoms with Gasteiger partial charge in [-0.2, -0.15) is 11.3 Å². The highest BCUT2D eigenvalue weighted by Gasteiger charge is 2.13. The molecule has 0 aliphatic carbocycles. The summed E-state index contributed by atoms with van der Waals surface area (Å²) in [7, 11) is 0. The predicted molar refractivity (Wildman–Crippen MR) is 92.0 cm³/mol. The number of pyridine rings is 1. The maximum absolute atomic E-state index is 12.2. The van der Waals surface area contributed by atoms with Crippen LogP contribution in [-0.4, -0.2) is 22.5 Å². The fourth-order valence-electron chi connectivity index (χ4n) is 1.99. The zero-order valence-electron chi connectivity index (χ0n) is 12.5. The average molecular weight is 345 g/mol. The van der Waals surface area contributed by atoms with E-state index < -0.39 is 0 Å². The van der Waals surface area contributed by atoms with Crippen LogP contribution in [0.15, 0.2) is 40.5 Å². The third-order valence-electron chi connectivity index (χ3n) is 3.08. The summed E-state index contributed by atoms with van der Waals surface area (Å²) in [5.41, 5.74) is 2.32. The molecule has 118 valence electrons. The van der Waals surface area contributed by atoms with Gasteiger partial charge in [0.1, 0.15) is 10.7 Å². The standard InChI is InChI=1S/C16H15N3O2S2/c1-2-21-15-11(4-3-6-17-15)8-18-14(20)13-10-23-16(19-13)12-5-7-22-9-12/h3-7,9-10H,2,8H2,1H3,(H,18,20). The molecule has 0 unspecified atom stereocenters. The number of rotatable bonds is 6. The normalized spacial score (nSPS) is 10.5. The Kier molecular flexibility index (Phi) is 4.99. The summed E-state index contributed by atoms with van der Waals surface area (Å²) in [4.78, 5) is 20.8. The minimum Gasteiger partial charge on any atom is -0.478 e. The Morgan fingerprint density at radius 1 is 1.35 bits per heavy atom. The molecule has 0 bridgehead atoms. The summed E-state index contributed by atoms with van der Waals surface area (Å²) < 4.78 is 5.45. The third-order valence-corrected chi connectivity index (χ3v) is 4.65. The molecule has 3 aromatic heterocycles. The molecule has 23 heavy (non-hydrogen) atoms. The number of ether oxygens (including phenoxy) is 1. The van der Waals surface area contributed by atoms with E-state index in [-0.39, 0.29) is 5.91 Å². The van der Waals surface area contributed by atoms with E-state index >= 15 is 0 Å². The Morgan fingerprint density at radius 3 is 3.04 bits per heavy atom. The monoisotopic (exact) mass is 345 g/mol. The van der Waals surface area contributed by atoms with Gasteiger partial charge in [0, 0.05) is 34.6 Å². The van der Waals surface area contributed by atoms with Crippen LogP contribution in [0.4, 0.5) is 0 Å². The van der Waals surface area contributed by atoms with Crippen LogP contribution in [0.25, 0.3) is 10.6 Å². The van der Waals surface area contributed by atoms with Crippen molar-refractivity contribution in [3.63, 3.8) is 0 Å². The van der Waals surface area contributed by atoms with E-state index in [1.165, 1.54) is 11.3 Å². The highest BCUT2D eigenvalue weighted by atomic mass is 32.1. The quantitative estimate of drug-likeness (QED) is 0.741. The number of aromatic nitrogens is 2. The van der Waals surface area contributed by atoms with Crippen molar-refractivity contribution in [1.82, 2.24) is 15.3 Å². The number of nitrogens with one attached hydrogen (secondary N) is 1. The zero-order chi connectivity index (χ0) is 16.1. The summed E-state index contributed by atoms with van der Waals surface area (Å²) >= 11 is 3.08. The van der Waals surface area contributed by atoms with E-state index in [1.807, 2.05) is 35.9 Å². The molecule has 0 aliphatic rings. The lowest BCUT2D eigenvalue weighted by Crippen LogP contribution is -2.23. The molecule has 7 heteroatoms. The second-order valence-electron chi connectivity index (χ2n) is 4.63. The Morgan fingerprint density at radius 2 is 2.26 bits per heavy atom. The van der Waals surface area contributed by atoms with Crippen LogP contribution in [-0.2, 0) is 6.54 Å².